The molecule has 1 atom stereocenters. The van der Waals surface area contributed by atoms with Crippen molar-refractivity contribution in [1.29, 1.82) is 0 Å². The minimum atomic E-state index is -0.199. The Balaban J connectivity index is 1.95. The van der Waals surface area contributed by atoms with E-state index in [0.29, 0.717) is 6.54 Å². The van der Waals surface area contributed by atoms with Gasteiger partial charge in [-0.3, -0.25) is 4.98 Å². The van der Waals surface area contributed by atoms with E-state index in [1.54, 1.807) is 12.3 Å². The van der Waals surface area contributed by atoms with Crippen LogP contribution in [0.2, 0.25) is 0 Å². The van der Waals surface area contributed by atoms with Crippen LogP contribution in [0.4, 0.5) is 4.39 Å². The van der Waals surface area contributed by atoms with E-state index in [1.807, 2.05) is 31.2 Å². The Hall–Kier alpha value is -1.74. The van der Waals surface area contributed by atoms with Crippen molar-refractivity contribution in [1.82, 2.24) is 10.3 Å². The Morgan fingerprint density at radius 3 is 2.82 bits per heavy atom. The molecule has 0 saturated carbocycles. The van der Waals surface area contributed by atoms with E-state index < -0.39 is 0 Å². The summed E-state index contributed by atoms with van der Waals surface area (Å²) in [6.07, 6.45) is 1.77. The molecule has 0 radical (unpaired) electrons. The van der Waals surface area contributed by atoms with Crippen molar-refractivity contribution in [3.05, 3.63) is 65.7 Å². The molecule has 0 aliphatic rings. The highest BCUT2D eigenvalue weighted by Crippen LogP contribution is 2.10. The molecule has 0 unspecified atom stereocenters. The van der Waals surface area contributed by atoms with Crippen LogP contribution in [-0.2, 0) is 6.54 Å². The van der Waals surface area contributed by atoms with Gasteiger partial charge in [0.05, 0.1) is 5.69 Å². The average Bonchev–Trinajstić information content (AvgIpc) is 2.37. The molecule has 0 spiro atoms. The summed E-state index contributed by atoms with van der Waals surface area (Å²) in [6.45, 7) is 2.68. The third-order valence-electron chi connectivity index (χ3n) is 2.63. The molecule has 17 heavy (non-hydrogen) atoms. The Morgan fingerprint density at radius 1 is 1.24 bits per heavy atom. The number of nitrogens with zero attached hydrogens (tertiary/aromatic N) is 1. The lowest BCUT2D eigenvalue weighted by molar-refractivity contribution is 0.557. The van der Waals surface area contributed by atoms with Crippen LogP contribution in [0, 0.1) is 5.82 Å². The van der Waals surface area contributed by atoms with Gasteiger partial charge in [0.25, 0.3) is 0 Å². The van der Waals surface area contributed by atoms with Crippen LogP contribution in [0.3, 0.4) is 0 Å². The van der Waals surface area contributed by atoms with Crippen LogP contribution in [0.25, 0.3) is 0 Å². The van der Waals surface area contributed by atoms with E-state index in [2.05, 4.69) is 10.3 Å². The number of benzene rings is 1. The van der Waals surface area contributed by atoms with Gasteiger partial charge in [-0.15, -0.1) is 0 Å². The molecule has 0 aliphatic heterocycles. The maximum atomic E-state index is 13.0. The first-order chi connectivity index (χ1) is 8.25. The van der Waals surface area contributed by atoms with Crippen molar-refractivity contribution in [2.24, 2.45) is 0 Å². The second kappa shape index (κ2) is 5.55. The second-order valence-corrected chi connectivity index (χ2v) is 3.99. The highest BCUT2D eigenvalue weighted by atomic mass is 19.1. The van der Waals surface area contributed by atoms with E-state index in [4.69, 9.17) is 0 Å². The van der Waals surface area contributed by atoms with E-state index >= 15 is 0 Å². The molecule has 3 heteroatoms. The van der Waals surface area contributed by atoms with E-state index in [1.165, 1.54) is 12.1 Å². The minimum Gasteiger partial charge on any atom is -0.305 e. The van der Waals surface area contributed by atoms with Gasteiger partial charge >= 0.3 is 0 Å². The van der Waals surface area contributed by atoms with Crippen molar-refractivity contribution >= 4 is 0 Å². The summed E-state index contributed by atoms with van der Waals surface area (Å²) in [6, 6.07) is 12.6. The summed E-state index contributed by atoms with van der Waals surface area (Å²) in [5.74, 6) is -0.199. The molecule has 0 fully saturated rings. The minimum absolute atomic E-state index is 0.152. The van der Waals surface area contributed by atoms with Gasteiger partial charge in [-0.05, 0) is 36.8 Å². The molecular weight excluding hydrogens is 215 g/mol. The number of pyridine rings is 1. The van der Waals surface area contributed by atoms with Crippen LogP contribution in [0.15, 0.2) is 48.7 Å². The smallest absolute Gasteiger partial charge is 0.123 e. The maximum absolute atomic E-state index is 13.0. The molecule has 1 N–H and O–H groups in total. The fourth-order valence-electron chi connectivity index (χ4n) is 1.65. The Morgan fingerprint density at radius 2 is 2.12 bits per heavy atom. The lowest BCUT2D eigenvalue weighted by atomic mass is 10.2. The molecule has 1 aromatic carbocycles. The topological polar surface area (TPSA) is 24.9 Å². The lowest BCUT2D eigenvalue weighted by Crippen LogP contribution is -2.18. The zero-order chi connectivity index (χ0) is 12.1. The molecular formula is C14H15FN2. The first-order valence-corrected chi connectivity index (χ1v) is 5.64. The van der Waals surface area contributed by atoms with Gasteiger partial charge in [-0.1, -0.05) is 18.2 Å². The molecule has 2 aromatic rings. The fraction of sp³-hybridized carbons (Fsp3) is 0.214. The van der Waals surface area contributed by atoms with E-state index in [0.717, 1.165) is 11.3 Å². The standard InChI is InChI=1S/C14H15FN2/c1-11(14-7-2-3-8-16-14)17-10-12-5-4-6-13(15)9-12/h2-9,11,17H,10H2,1H3/t11-/m1/s1. The van der Waals surface area contributed by atoms with Crippen LogP contribution >= 0.6 is 0 Å². The number of halogens is 1. The van der Waals surface area contributed by atoms with Crippen molar-refractivity contribution < 1.29 is 4.39 Å². The lowest BCUT2D eigenvalue weighted by Gasteiger charge is -2.13. The van der Waals surface area contributed by atoms with Gasteiger partial charge in [0.2, 0.25) is 0 Å². The van der Waals surface area contributed by atoms with Gasteiger partial charge in [-0.25, -0.2) is 4.39 Å². The van der Waals surface area contributed by atoms with Crippen LogP contribution < -0.4 is 5.32 Å². The molecule has 0 saturated heterocycles. The van der Waals surface area contributed by atoms with Crippen molar-refractivity contribution in [3.8, 4) is 0 Å². The summed E-state index contributed by atoms with van der Waals surface area (Å²) in [7, 11) is 0. The Labute approximate surface area is 101 Å². The van der Waals surface area contributed by atoms with Crippen molar-refractivity contribution in [2.45, 2.75) is 19.5 Å². The molecule has 1 aromatic heterocycles. The monoisotopic (exact) mass is 230 g/mol. The van der Waals surface area contributed by atoms with Gasteiger partial charge in [0, 0.05) is 18.8 Å². The zero-order valence-corrected chi connectivity index (χ0v) is 9.73. The fourth-order valence-corrected chi connectivity index (χ4v) is 1.65. The molecule has 0 aliphatic carbocycles. The predicted octanol–water partition coefficient (Wildman–Crippen LogP) is 3.07. The van der Waals surface area contributed by atoms with Crippen LogP contribution in [0.5, 0.6) is 0 Å². The van der Waals surface area contributed by atoms with Gasteiger partial charge in [0.1, 0.15) is 5.82 Å². The average molecular weight is 230 g/mol. The highest BCUT2D eigenvalue weighted by molar-refractivity contribution is 5.16. The van der Waals surface area contributed by atoms with Crippen molar-refractivity contribution in [3.63, 3.8) is 0 Å². The van der Waals surface area contributed by atoms with Crippen LogP contribution in [0.1, 0.15) is 24.2 Å². The second-order valence-electron chi connectivity index (χ2n) is 3.99. The quantitative estimate of drug-likeness (QED) is 0.873. The number of hydrogen-bond donors (Lipinski definition) is 1. The summed E-state index contributed by atoms with van der Waals surface area (Å²) >= 11 is 0. The number of rotatable bonds is 4. The maximum Gasteiger partial charge on any atom is 0.123 e. The summed E-state index contributed by atoms with van der Waals surface area (Å²) < 4.78 is 13.0. The van der Waals surface area contributed by atoms with Crippen molar-refractivity contribution in [2.75, 3.05) is 0 Å². The van der Waals surface area contributed by atoms with Crippen LogP contribution in [-0.4, -0.2) is 4.98 Å². The summed E-state index contributed by atoms with van der Waals surface area (Å²) in [4.78, 5) is 4.27. The summed E-state index contributed by atoms with van der Waals surface area (Å²) in [5, 5.41) is 3.31. The number of aromatic nitrogens is 1. The largest absolute Gasteiger partial charge is 0.305 e. The molecule has 88 valence electrons. The third-order valence-corrected chi connectivity index (χ3v) is 2.63. The Kier molecular flexibility index (Phi) is 3.83. The van der Waals surface area contributed by atoms with E-state index in [9.17, 15) is 4.39 Å². The van der Waals surface area contributed by atoms with Gasteiger partial charge in [-0.2, -0.15) is 0 Å². The molecule has 2 nitrogen and oxygen atoms in total. The van der Waals surface area contributed by atoms with Gasteiger partial charge < -0.3 is 5.32 Å². The molecule has 1 heterocycles. The first-order valence-electron chi connectivity index (χ1n) is 5.64. The molecule has 0 bridgehead atoms. The highest BCUT2D eigenvalue weighted by Gasteiger charge is 2.05. The SMILES string of the molecule is C[C@@H](NCc1cccc(F)c1)c1ccccn1. The first kappa shape index (κ1) is 11.7. The normalized spacial score (nSPS) is 12.4. The zero-order valence-electron chi connectivity index (χ0n) is 9.73. The Bertz CT molecular complexity index is 471. The molecule has 2 rings (SSSR count). The molecule has 0 amide bonds. The predicted molar refractivity (Wildman–Crippen MR) is 65.9 cm³/mol. The summed E-state index contributed by atoms with van der Waals surface area (Å²) in [5.41, 5.74) is 1.93. The van der Waals surface area contributed by atoms with Gasteiger partial charge in [0.15, 0.2) is 0 Å². The van der Waals surface area contributed by atoms with E-state index in [-0.39, 0.29) is 11.9 Å². The number of hydrogen-bond acceptors (Lipinski definition) is 2. The third kappa shape index (κ3) is 3.36. The number of nitrogens with one attached hydrogen (secondary N) is 1.